The van der Waals surface area contributed by atoms with Crippen LogP contribution in [0.1, 0.15) is 41.2 Å². The molecular weight excluding hydrogens is 310 g/mol. The van der Waals surface area contributed by atoms with Gasteiger partial charge in [-0.15, -0.1) is 0 Å². The normalized spacial score (nSPS) is 23.0. The molecule has 0 N–H and O–H groups in total. The van der Waals surface area contributed by atoms with Gasteiger partial charge in [0.2, 0.25) is 0 Å². The Labute approximate surface area is 147 Å². The number of carbonyl (C=O) groups is 1. The number of aromatic nitrogens is 1. The Hall–Kier alpha value is -2.94. The van der Waals surface area contributed by atoms with Crippen molar-refractivity contribution >= 4 is 5.97 Å². The van der Waals surface area contributed by atoms with Gasteiger partial charge in [-0.1, -0.05) is 66.7 Å². The third kappa shape index (κ3) is 3.18. The Morgan fingerprint density at radius 2 is 1.44 bits per heavy atom. The lowest BCUT2D eigenvalue weighted by molar-refractivity contribution is -0.157. The van der Waals surface area contributed by atoms with E-state index < -0.39 is 0 Å². The zero-order valence-electron chi connectivity index (χ0n) is 13.8. The number of rotatable bonds is 3. The molecule has 3 atom stereocenters. The van der Waals surface area contributed by atoms with E-state index in [2.05, 4.69) is 29.2 Å². The first-order valence-corrected chi connectivity index (χ1v) is 8.53. The first-order chi connectivity index (χ1) is 12.3. The molecule has 1 aliphatic heterocycles. The summed E-state index contributed by atoms with van der Waals surface area (Å²) < 4.78 is 5.79. The summed E-state index contributed by atoms with van der Waals surface area (Å²) in [6.07, 6.45) is 1.75. The standard InChI is InChI=1S/C22H19NO2/c24-20-15-18(16-9-3-1-4-10-16)21(17-11-5-2-6-12-17)22(25-20)19-13-7-8-14-23-19/h1-14,18,21-22H,15H2/t18-,21-,22-/m0/s1. The zero-order chi connectivity index (χ0) is 17.1. The van der Waals surface area contributed by atoms with Gasteiger partial charge >= 0.3 is 5.97 Å². The van der Waals surface area contributed by atoms with Crippen LogP contribution < -0.4 is 0 Å². The third-order valence-electron chi connectivity index (χ3n) is 4.80. The van der Waals surface area contributed by atoms with Crippen LogP contribution in [0, 0.1) is 0 Å². The van der Waals surface area contributed by atoms with E-state index in [1.165, 1.54) is 5.56 Å². The Morgan fingerprint density at radius 3 is 2.08 bits per heavy atom. The largest absolute Gasteiger partial charge is 0.455 e. The van der Waals surface area contributed by atoms with Crippen molar-refractivity contribution in [1.82, 2.24) is 4.98 Å². The molecule has 25 heavy (non-hydrogen) atoms. The fourth-order valence-electron chi connectivity index (χ4n) is 3.68. The van der Waals surface area contributed by atoms with Gasteiger partial charge in [0.25, 0.3) is 0 Å². The molecule has 0 saturated carbocycles. The molecule has 4 rings (SSSR count). The average molecular weight is 329 g/mol. The first kappa shape index (κ1) is 15.6. The molecule has 0 bridgehead atoms. The van der Waals surface area contributed by atoms with Gasteiger partial charge in [-0.3, -0.25) is 9.78 Å². The smallest absolute Gasteiger partial charge is 0.307 e. The predicted molar refractivity (Wildman–Crippen MR) is 96.1 cm³/mol. The first-order valence-electron chi connectivity index (χ1n) is 8.53. The van der Waals surface area contributed by atoms with Gasteiger partial charge in [0.1, 0.15) is 0 Å². The molecule has 3 nitrogen and oxygen atoms in total. The predicted octanol–water partition coefficient (Wildman–Crippen LogP) is 4.64. The molecule has 0 radical (unpaired) electrons. The van der Waals surface area contributed by atoms with E-state index in [0.717, 1.165) is 11.3 Å². The van der Waals surface area contributed by atoms with Gasteiger partial charge in [-0.25, -0.2) is 0 Å². The van der Waals surface area contributed by atoms with E-state index in [0.29, 0.717) is 6.42 Å². The van der Waals surface area contributed by atoms with Gasteiger partial charge in [-0.2, -0.15) is 0 Å². The van der Waals surface area contributed by atoms with E-state index in [1.807, 2.05) is 54.6 Å². The molecule has 1 fully saturated rings. The van der Waals surface area contributed by atoms with Crippen LogP contribution in [0.4, 0.5) is 0 Å². The topological polar surface area (TPSA) is 39.2 Å². The fourth-order valence-corrected chi connectivity index (χ4v) is 3.68. The number of cyclic esters (lactones) is 1. The molecule has 1 aliphatic rings. The highest BCUT2D eigenvalue weighted by Crippen LogP contribution is 2.48. The van der Waals surface area contributed by atoms with E-state index in [-0.39, 0.29) is 23.9 Å². The summed E-state index contributed by atoms with van der Waals surface area (Å²) in [6, 6.07) is 26.2. The second kappa shape index (κ2) is 6.89. The van der Waals surface area contributed by atoms with Crippen LogP contribution in [0.25, 0.3) is 0 Å². The van der Waals surface area contributed by atoms with E-state index >= 15 is 0 Å². The van der Waals surface area contributed by atoms with Crippen molar-refractivity contribution in [2.45, 2.75) is 24.4 Å². The van der Waals surface area contributed by atoms with Crippen LogP contribution in [0.15, 0.2) is 85.1 Å². The van der Waals surface area contributed by atoms with Crippen molar-refractivity contribution in [3.8, 4) is 0 Å². The van der Waals surface area contributed by atoms with Gasteiger partial charge < -0.3 is 4.74 Å². The Balaban J connectivity index is 1.83. The maximum absolute atomic E-state index is 12.4. The molecule has 1 aromatic heterocycles. The van der Waals surface area contributed by atoms with E-state index in [4.69, 9.17) is 4.74 Å². The highest BCUT2D eigenvalue weighted by Gasteiger charge is 2.41. The minimum atomic E-state index is -0.380. The van der Waals surface area contributed by atoms with Crippen molar-refractivity contribution in [3.63, 3.8) is 0 Å². The quantitative estimate of drug-likeness (QED) is 0.657. The number of pyridine rings is 1. The number of hydrogen-bond acceptors (Lipinski definition) is 3. The van der Waals surface area contributed by atoms with E-state index in [1.54, 1.807) is 6.20 Å². The fraction of sp³-hybridized carbons (Fsp3) is 0.182. The molecule has 0 unspecified atom stereocenters. The van der Waals surface area contributed by atoms with Crippen LogP contribution in [0.3, 0.4) is 0 Å². The second-order valence-corrected chi connectivity index (χ2v) is 6.32. The number of benzene rings is 2. The molecular formula is C22H19NO2. The summed E-state index contributed by atoms with van der Waals surface area (Å²) in [4.78, 5) is 16.8. The molecule has 2 aromatic carbocycles. The molecule has 3 heteroatoms. The van der Waals surface area contributed by atoms with Gasteiger partial charge in [0.15, 0.2) is 6.10 Å². The van der Waals surface area contributed by atoms with Crippen LogP contribution in [0.5, 0.6) is 0 Å². The summed E-state index contributed by atoms with van der Waals surface area (Å²) in [6.45, 7) is 0. The minimum absolute atomic E-state index is 0.0381. The molecule has 3 aromatic rings. The van der Waals surface area contributed by atoms with Crippen LogP contribution in [-0.2, 0) is 9.53 Å². The molecule has 124 valence electrons. The molecule has 0 aliphatic carbocycles. The van der Waals surface area contributed by atoms with Gasteiger partial charge in [0, 0.05) is 18.0 Å². The summed E-state index contributed by atoms with van der Waals surface area (Å²) >= 11 is 0. The number of hydrogen-bond donors (Lipinski definition) is 0. The summed E-state index contributed by atoms with van der Waals surface area (Å²) in [7, 11) is 0. The van der Waals surface area contributed by atoms with Crippen molar-refractivity contribution < 1.29 is 9.53 Å². The van der Waals surface area contributed by atoms with Gasteiger partial charge in [-0.05, 0) is 23.3 Å². The Kier molecular flexibility index (Phi) is 4.30. The van der Waals surface area contributed by atoms with Crippen molar-refractivity contribution in [3.05, 3.63) is 102 Å². The molecule has 1 saturated heterocycles. The highest BCUT2D eigenvalue weighted by atomic mass is 16.5. The van der Waals surface area contributed by atoms with E-state index in [9.17, 15) is 4.79 Å². The summed E-state index contributed by atoms with van der Waals surface area (Å²) in [5.41, 5.74) is 3.12. The Morgan fingerprint density at radius 1 is 0.800 bits per heavy atom. The second-order valence-electron chi connectivity index (χ2n) is 6.32. The minimum Gasteiger partial charge on any atom is -0.455 e. The van der Waals surface area contributed by atoms with Crippen LogP contribution >= 0.6 is 0 Å². The SMILES string of the molecule is O=C1C[C@@H](c2ccccc2)[C@H](c2ccccc2)[C@H](c2ccccn2)O1. The number of ether oxygens (including phenoxy) is 1. The lowest BCUT2D eigenvalue weighted by Crippen LogP contribution is -2.31. The maximum Gasteiger partial charge on any atom is 0.307 e. The number of esters is 1. The lowest BCUT2D eigenvalue weighted by atomic mass is 9.74. The third-order valence-corrected chi connectivity index (χ3v) is 4.80. The summed E-state index contributed by atoms with van der Waals surface area (Å²) in [5, 5.41) is 0. The molecule has 0 spiro atoms. The van der Waals surface area contributed by atoms with Crippen molar-refractivity contribution in [2.75, 3.05) is 0 Å². The number of nitrogens with zero attached hydrogens (tertiary/aromatic N) is 1. The van der Waals surface area contributed by atoms with Crippen molar-refractivity contribution in [2.24, 2.45) is 0 Å². The lowest BCUT2D eigenvalue weighted by Gasteiger charge is -2.37. The molecule has 0 amide bonds. The monoisotopic (exact) mass is 329 g/mol. The maximum atomic E-state index is 12.4. The van der Waals surface area contributed by atoms with Crippen LogP contribution in [-0.4, -0.2) is 11.0 Å². The van der Waals surface area contributed by atoms with Crippen LogP contribution in [0.2, 0.25) is 0 Å². The summed E-state index contributed by atoms with van der Waals surface area (Å²) in [5.74, 6) is -0.0651. The average Bonchev–Trinajstić information content (AvgIpc) is 2.69. The number of carbonyl (C=O) groups excluding carboxylic acids is 1. The highest BCUT2D eigenvalue weighted by molar-refractivity contribution is 5.72. The van der Waals surface area contributed by atoms with Gasteiger partial charge in [0.05, 0.1) is 12.1 Å². The van der Waals surface area contributed by atoms with Crippen molar-refractivity contribution in [1.29, 1.82) is 0 Å². The molecule has 2 heterocycles. The zero-order valence-corrected chi connectivity index (χ0v) is 13.8. The Bertz CT molecular complexity index is 782.